The van der Waals surface area contributed by atoms with Crippen molar-refractivity contribution >= 4 is 27.5 Å². The Morgan fingerprint density at radius 3 is 2.72 bits per heavy atom. The smallest absolute Gasteiger partial charge is 0.213 e. The molecule has 18 heavy (non-hydrogen) atoms. The normalized spacial score (nSPS) is 10.9. The van der Waals surface area contributed by atoms with Gasteiger partial charge in [0.15, 0.2) is 0 Å². The summed E-state index contributed by atoms with van der Waals surface area (Å²) in [4.78, 5) is 0.874. The lowest BCUT2D eigenvalue weighted by Crippen LogP contribution is -2.26. The number of rotatable bonds is 6. The van der Waals surface area contributed by atoms with Gasteiger partial charge in [0.2, 0.25) is 10.0 Å². The van der Waals surface area contributed by atoms with Gasteiger partial charge in [-0.3, -0.25) is 0 Å². The Morgan fingerprint density at radius 1 is 1.44 bits per heavy atom. The van der Waals surface area contributed by atoms with E-state index in [2.05, 4.69) is 16.1 Å². The van der Waals surface area contributed by atoms with Crippen LogP contribution in [0.25, 0.3) is 0 Å². The number of hydrogen-bond donors (Lipinski definition) is 2. The summed E-state index contributed by atoms with van der Waals surface area (Å²) in [6, 6.07) is 7.59. The third-order valence-corrected chi connectivity index (χ3v) is 4.50. The zero-order valence-corrected chi connectivity index (χ0v) is 11.9. The monoisotopic (exact) mass is 285 g/mol. The molecule has 5 nitrogen and oxygen atoms in total. The third kappa shape index (κ3) is 3.91. The van der Waals surface area contributed by atoms with Crippen molar-refractivity contribution in [1.82, 2.24) is 4.72 Å². The summed E-state index contributed by atoms with van der Waals surface area (Å²) in [5, 5.41) is 12.1. The molecule has 0 aliphatic heterocycles. The maximum atomic E-state index is 11.2. The molecule has 0 bridgehead atoms. The Morgan fingerprint density at radius 2 is 2.17 bits per heavy atom. The SMILES string of the molecule is CNS(=O)(=O)CCNc1cccc(SC)c1C#N. The van der Waals surface area contributed by atoms with Crippen LogP contribution in [0.4, 0.5) is 5.69 Å². The summed E-state index contributed by atoms with van der Waals surface area (Å²) < 4.78 is 24.7. The molecule has 0 fully saturated rings. The Hall–Kier alpha value is -1.23. The highest BCUT2D eigenvalue weighted by atomic mass is 32.2. The summed E-state index contributed by atoms with van der Waals surface area (Å²) in [5.74, 6) is -0.0299. The van der Waals surface area contributed by atoms with Gasteiger partial charge >= 0.3 is 0 Å². The second-order valence-corrected chi connectivity index (χ2v) is 6.34. The van der Waals surface area contributed by atoms with Gasteiger partial charge in [-0.25, -0.2) is 13.1 Å². The van der Waals surface area contributed by atoms with E-state index >= 15 is 0 Å². The number of hydrogen-bond acceptors (Lipinski definition) is 5. The van der Waals surface area contributed by atoms with Crippen molar-refractivity contribution in [1.29, 1.82) is 5.26 Å². The van der Waals surface area contributed by atoms with Crippen LogP contribution in [-0.4, -0.2) is 34.0 Å². The fourth-order valence-electron chi connectivity index (χ4n) is 1.39. The van der Waals surface area contributed by atoms with Crippen LogP contribution in [0, 0.1) is 11.3 Å². The van der Waals surface area contributed by atoms with Crippen LogP contribution < -0.4 is 10.0 Å². The largest absolute Gasteiger partial charge is 0.383 e. The Kier molecular flexibility index (Phi) is 5.47. The van der Waals surface area contributed by atoms with Crippen LogP contribution >= 0.6 is 11.8 Å². The zero-order chi connectivity index (χ0) is 13.6. The first kappa shape index (κ1) is 14.8. The van der Waals surface area contributed by atoms with E-state index < -0.39 is 10.0 Å². The van der Waals surface area contributed by atoms with E-state index in [0.717, 1.165) is 4.90 Å². The lowest BCUT2D eigenvalue weighted by molar-refractivity contribution is 0.588. The second kappa shape index (κ2) is 6.64. The first-order valence-electron chi connectivity index (χ1n) is 5.26. The minimum Gasteiger partial charge on any atom is -0.383 e. The van der Waals surface area contributed by atoms with E-state index in [1.54, 1.807) is 6.07 Å². The predicted molar refractivity (Wildman–Crippen MR) is 74.3 cm³/mol. The van der Waals surface area contributed by atoms with Crippen molar-refractivity contribution in [3.05, 3.63) is 23.8 Å². The summed E-state index contributed by atoms with van der Waals surface area (Å²) in [5.41, 5.74) is 1.21. The van der Waals surface area contributed by atoms with E-state index in [4.69, 9.17) is 5.26 Å². The fraction of sp³-hybridized carbons (Fsp3) is 0.364. The van der Waals surface area contributed by atoms with Gasteiger partial charge in [-0.2, -0.15) is 5.26 Å². The van der Waals surface area contributed by atoms with E-state index in [1.807, 2.05) is 18.4 Å². The Bertz CT molecular complexity index is 550. The molecular weight excluding hydrogens is 270 g/mol. The average molecular weight is 285 g/mol. The Balaban J connectivity index is 2.78. The standard InChI is InChI=1S/C11H15N3O2S2/c1-13-18(15,16)7-6-14-10-4-3-5-11(17-2)9(10)8-12/h3-5,13-14H,6-7H2,1-2H3. The van der Waals surface area contributed by atoms with Gasteiger partial charge in [0.1, 0.15) is 6.07 Å². The van der Waals surface area contributed by atoms with Crippen LogP contribution in [0.5, 0.6) is 0 Å². The molecule has 0 atom stereocenters. The molecule has 0 saturated heterocycles. The van der Waals surface area contributed by atoms with Gasteiger partial charge in [-0.05, 0) is 25.4 Å². The van der Waals surface area contributed by atoms with Crippen molar-refractivity contribution in [2.24, 2.45) is 0 Å². The van der Waals surface area contributed by atoms with Crippen LogP contribution in [0.1, 0.15) is 5.56 Å². The summed E-state index contributed by atoms with van der Waals surface area (Å²) in [6.07, 6.45) is 1.89. The Labute approximate surface area is 112 Å². The molecule has 2 N–H and O–H groups in total. The second-order valence-electron chi connectivity index (χ2n) is 3.44. The maximum Gasteiger partial charge on any atom is 0.213 e. The van der Waals surface area contributed by atoms with Crippen molar-refractivity contribution in [3.63, 3.8) is 0 Å². The quantitative estimate of drug-likeness (QED) is 0.769. The van der Waals surface area contributed by atoms with Crippen LogP contribution in [0.15, 0.2) is 23.1 Å². The van der Waals surface area contributed by atoms with Crippen molar-refractivity contribution in [3.8, 4) is 6.07 Å². The first-order valence-corrected chi connectivity index (χ1v) is 8.14. The van der Waals surface area contributed by atoms with Crippen LogP contribution in [0.2, 0.25) is 0 Å². The van der Waals surface area contributed by atoms with Gasteiger partial charge in [0, 0.05) is 11.4 Å². The molecule has 0 saturated carbocycles. The lowest BCUT2D eigenvalue weighted by atomic mass is 10.2. The van der Waals surface area contributed by atoms with Gasteiger partial charge in [-0.1, -0.05) is 6.07 Å². The fourth-order valence-corrected chi connectivity index (χ4v) is 2.54. The lowest BCUT2D eigenvalue weighted by Gasteiger charge is -2.10. The molecule has 1 aromatic rings. The molecular formula is C11H15N3O2S2. The molecule has 98 valence electrons. The van der Waals surface area contributed by atoms with Crippen molar-refractivity contribution in [2.45, 2.75) is 4.90 Å². The van der Waals surface area contributed by atoms with E-state index in [1.165, 1.54) is 18.8 Å². The molecule has 0 amide bonds. The number of sulfonamides is 1. The van der Waals surface area contributed by atoms with Gasteiger partial charge in [0.05, 0.1) is 17.0 Å². The number of benzene rings is 1. The predicted octanol–water partition coefficient (Wildman–Crippen LogP) is 1.24. The molecule has 0 aromatic heterocycles. The van der Waals surface area contributed by atoms with E-state index in [9.17, 15) is 8.42 Å². The average Bonchev–Trinajstić information content (AvgIpc) is 2.38. The molecule has 0 aliphatic rings. The topological polar surface area (TPSA) is 82.0 Å². The van der Waals surface area contributed by atoms with E-state index in [0.29, 0.717) is 11.3 Å². The van der Waals surface area contributed by atoms with Crippen LogP contribution in [0.3, 0.4) is 0 Å². The number of anilines is 1. The maximum absolute atomic E-state index is 11.2. The number of nitriles is 1. The molecule has 0 heterocycles. The minimum atomic E-state index is -3.23. The van der Waals surface area contributed by atoms with Gasteiger partial charge in [-0.15, -0.1) is 11.8 Å². The highest BCUT2D eigenvalue weighted by Crippen LogP contribution is 2.25. The van der Waals surface area contributed by atoms with Crippen LogP contribution in [-0.2, 0) is 10.0 Å². The number of thioether (sulfide) groups is 1. The molecule has 7 heteroatoms. The molecule has 0 radical (unpaired) electrons. The highest BCUT2D eigenvalue weighted by Gasteiger charge is 2.09. The molecule has 0 unspecified atom stereocenters. The van der Waals surface area contributed by atoms with Gasteiger partial charge in [0.25, 0.3) is 0 Å². The molecule has 1 aromatic carbocycles. The first-order chi connectivity index (χ1) is 8.54. The molecule has 0 spiro atoms. The number of nitrogens with one attached hydrogen (secondary N) is 2. The van der Waals surface area contributed by atoms with Crippen molar-refractivity contribution < 1.29 is 8.42 Å². The minimum absolute atomic E-state index is 0.0299. The summed E-state index contributed by atoms with van der Waals surface area (Å²) in [7, 11) is -1.85. The van der Waals surface area contributed by atoms with Gasteiger partial charge < -0.3 is 5.32 Å². The zero-order valence-electron chi connectivity index (χ0n) is 10.2. The highest BCUT2D eigenvalue weighted by molar-refractivity contribution is 7.98. The summed E-state index contributed by atoms with van der Waals surface area (Å²) >= 11 is 1.48. The van der Waals surface area contributed by atoms with E-state index in [-0.39, 0.29) is 12.3 Å². The molecule has 1 rings (SSSR count). The number of nitrogens with zero attached hydrogens (tertiary/aromatic N) is 1. The van der Waals surface area contributed by atoms with Crippen molar-refractivity contribution in [2.75, 3.05) is 30.9 Å². The third-order valence-electron chi connectivity index (χ3n) is 2.36. The molecule has 0 aliphatic carbocycles. The summed E-state index contributed by atoms with van der Waals surface area (Å²) in [6.45, 7) is 0.260.